The van der Waals surface area contributed by atoms with E-state index in [1.54, 1.807) is 46.4 Å². The molecular formula is C24H12N4S5. The Balaban J connectivity index is 1.37. The quantitative estimate of drug-likeness (QED) is 0.168. The van der Waals surface area contributed by atoms with Crippen LogP contribution in [0.4, 0.5) is 0 Å². The van der Waals surface area contributed by atoms with Gasteiger partial charge in [0.2, 0.25) is 5.70 Å². The van der Waals surface area contributed by atoms with E-state index >= 15 is 0 Å². The van der Waals surface area contributed by atoms with Gasteiger partial charge in [-0.1, -0.05) is 0 Å². The SMILES string of the molecule is [C-]#[N+]/C(=C\c1ccc(-c2ccc(-c3ccc(/C=C(\C#N)c4nccs4)s3)s2)s1)c1nccs1. The van der Waals surface area contributed by atoms with Crippen LogP contribution >= 0.6 is 56.7 Å². The Kier molecular flexibility index (Phi) is 6.40. The summed E-state index contributed by atoms with van der Waals surface area (Å²) in [4.78, 5) is 18.9. The van der Waals surface area contributed by atoms with E-state index < -0.39 is 0 Å². The fourth-order valence-corrected chi connectivity index (χ4v) is 7.28. The summed E-state index contributed by atoms with van der Waals surface area (Å²) in [5.74, 6) is 0. The molecular weight excluding hydrogens is 505 g/mol. The van der Waals surface area contributed by atoms with Gasteiger partial charge in [-0.05, 0) is 48.6 Å². The normalized spacial score (nSPS) is 11.9. The first-order chi connectivity index (χ1) is 16.2. The molecule has 0 amide bonds. The zero-order valence-electron chi connectivity index (χ0n) is 16.8. The minimum atomic E-state index is 0.568. The van der Waals surface area contributed by atoms with Crippen LogP contribution in [0.2, 0.25) is 0 Å². The highest BCUT2D eigenvalue weighted by atomic mass is 32.1. The van der Waals surface area contributed by atoms with Crippen molar-refractivity contribution >= 4 is 80.1 Å². The van der Waals surface area contributed by atoms with Gasteiger partial charge in [-0.15, -0.1) is 56.7 Å². The Labute approximate surface area is 210 Å². The Morgan fingerprint density at radius 2 is 1.33 bits per heavy atom. The van der Waals surface area contributed by atoms with E-state index in [1.807, 2.05) is 35.0 Å². The van der Waals surface area contributed by atoms with Gasteiger partial charge in [-0.25, -0.2) is 9.83 Å². The lowest BCUT2D eigenvalue weighted by molar-refractivity contribution is 1.38. The second-order valence-corrected chi connectivity index (χ2v) is 11.7. The fourth-order valence-electron chi connectivity index (χ4n) is 3.00. The van der Waals surface area contributed by atoms with Gasteiger partial charge >= 0.3 is 0 Å². The molecule has 0 N–H and O–H groups in total. The zero-order chi connectivity index (χ0) is 22.6. The molecule has 5 heterocycles. The second-order valence-electron chi connectivity index (χ2n) is 6.55. The molecule has 33 heavy (non-hydrogen) atoms. The van der Waals surface area contributed by atoms with Crippen molar-refractivity contribution in [2.24, 2.45) is 0 Å². The minimum Gasteiger partial charge on any atom is -0.257 e. The lowest BCUT2D eigenvalue weighted by atomic mass is 10.2. The molecule has 0 aromatic carbocycles. The molecule has 5 aromatic rings. The highest BCUT2D eigenvalue weighted by molar-refractivity contribution is 7.26. The van der Waals surface area contributed by atoms with Crippen molar-refractivity contribution in [2.75, 3.05) is 0 Å². The molecule has 0 saturated heterocycles. The van der Waals surface area contributed by atoms with Gasteiger partial charge < -0.3 is 0 Å². The van der Waals surface area contributed by atoms with Crippen LogP contribution in [0.5, 0.6) is 0 Å². The zero-order valence-corrected chi connectivity index (χ0v) is 20.8. The number of aromatic nitrogens is 2. The number of allylic oxidation sites excluding steroid dienone is 1. The van der Waals surface area contributed by atoms with Crippen LogP contribution in [0.25, 0.3) is 47.8 Å². The Morgan fingerprint density at radius 3 is 1.88 bits per heavy atom. The van der Waals surface area contributed by atoms with Crippen molar-refractivity contribution < 1.29 is 0 Å². The number of thiophene rings is 3. The van der Waals surface area contributed by atoms with Crippen LogP contribution in [0.15, 0.2) is 59.6 Å². The van der Waals surface area contributed by atoms with Crippen LogP contribution in [0.1, 0.15) is 19.8 Å². The molecule has 4 nitrogen and oxygen atoms in total. The Bertz CT molecular complexity index is 1420. The summed E-state index contributed by atoms with van der Waals surface area (Å²) in [7, 11) is 0. The van der Waals surface area contributed by atoms with E-state index in [-0.39, 0.29) is 0 Å². The van der Waals surface area contributed by atoms with E-state index in [1.165, 1.54) is 42.2 Å². The Hall–Kier alpha value is -3.18. The molecule has 0 aliphatic carbocycles. The van der Waals surface area contributed by atoms with Crippen LogP contribution in [-0.4, -0.2) is 9.97 Å². The van der Waals surface area contributed by atoms with Gasteiger partial charge in [-0.2, -0.15) is 5.26 Å². The largest absolute Gasteiger partial charge is 0.257 e. The van der Waals surface area contributed by atoms with E-state index in [2.05, 4.69) is 45.1 Å². The van der Waals surface area contributed by atoms with Gasteiger partial charge in [0.1, 0.15) is 16.1 Å². The van der Waals surface area contributed by atoms with Gasteiger partial charge in [0.15, 0.2) is 0 Å². The maximum absolute atomic E-state index is 9.47. The molecule has 0 atom stereocenters. The first-order valence-corrected chi connectivity index (χ1v) is 13.8. The van der Waals surface area contributed by atoms with Crippen LogP contribution in [0.3, 0.4) is 0 Å². The lowest BCUT2D eigenvalue weighted by Gasteiger charge is -1.93. The standard InChI is InChI=1S/C24H12N4S5/c1-26-18(24-28-9-11-30-24)13-17-3-5-20(32-17)22-7-6-21(33-22)19-4-2-16(31-19)12-15(14-25)23-27-8-10-29-23/h2-13H/b15-12+,18-13-. The number of rotatable bonds is 6. The molecule has 0 bridgehead atoms. The molecule has 5 aromatic heterocycles. The third-order valence-corrected chi connectivity index (χ3v) is 9.61. The average Bonchev–Trinajstić information content (AvgIpc) is 3.65. The molecule has 0 spiro atoms. The maximum Gasteiger partial charge on any atom is 0.223 e. The number of hydrogen-bond donors (Lipinski definition) is 0. The summed E-state index contributed by atoms with van der Waals surface area (Å²) >= 11 is 8.02. The van der Waals surface area contributed by atoms with Gasteiger partial charge in [0.25, 0.3) is 0 Å². The molecule has 0 aliphatic rings. The summed E-state index contributed by atoms with van der Waals surface area (Å²) in [5.41, 5.74) is 1.15. The summed E-state index contributed by atoms with van der Waals surface area (Å²) in [6.45, 7) is 7.46. The molecule has 0 unspecified atom stereocenters. The van der Waals surface area contributed by atoms with Crippen molar-refractivity contribution in [3.05, 3.63) is 90.7 Å². The molecule has 0 aliphatic heterocycles. The van der Waals surface area contributed by atoms with Gasteiger partial charge in [-0.3, -0.25) is 4.98 Å². The summed E-state index contributed by atoms with van der Waals surface area (Å²) in [6.07, 6.45) is 7.24. The lowest BCUT2D eigenvalue weighted by Crippen LogP contribution is -1.77. The van der Waals surface area contributed by atoms with Crippen molar-refractivity contribution in [2.45, 2.75) is 0 Å². The molecule has 5 rings (SSSR count). The number of thiazole rings is 2. The van der Waals surface area contributed by atoms with E-state index in [0.717, 1.165) is 19.8 Å². The van der Waals surface area contributed by atoms with Gasteiger partial charge in [0.05, 0.1) is 12.1 Å². The monoisotopic (exact) mass is 516 g/mol. The first kappa shape index (κ1) is 21.7. The van der Waals surface area contributed by atoms with Crippen LogP contribution in [0, 0.1) is 17.9 Å². The average molecular weight is 517 g/mol. The highest BCUT2D eigenvalue weighted by Crippen LogP contribution is 2.41. The molecule has 0 fully saturated rings. The Morgan fingerprint density at radius 1 is 0.788 bits per heavy atom. The summed E-state index contributed by atoms with van der Waals surface area (Å²) in [5, 5.41) is 14.7. The van der Waals surface area contributed by atoms with E-state index in [4.69, 9.17) is 6.57 Å². The fraction of sp³-hybridized carbons (Fsp3) is 0. The van der Waals surface area contributed by atoms with Crippen LogP contribution in [-0.2, 0) is 0 Å². The van der Waals surface area contributed by atoms with Gasteiger partial charge in [0, 0.05) is 52.4 Å². The number of hydrogen-bond acceptors (Lipinski definition) is 8. The first-order valence-electron chi connectivity index (χ1n) is 9.54. The van der Waals surface area contributed by atoms with E-state index in [9.17, 15) is 5.26 Å². The number of nitriles is 1. The third-order valence-electron chi connectivity index (χ3n) is 4.47. The number of nitrogens with zero attached hydrogens (tertiary/aromatic N) is 4. The molecule has 0 saturated carbocycles. The summed E-state index contributed by atoms with van der Waals surface area (Å²) in [6, 6.07) is 14.8. The van der Waals surface area contributed by atoms with E-state index in [0.29, 0.717) is 11.3 Å². The van der Waals surface area contributed by atoms with Crippen molar-refractivity contribution in [1.29, 1.82) is 5.26 Å². The predicted octanol–water partition coefficient (Wildman–Crippen LogP) is 8.60. The molecule has 9 heteroatoms. The predicted molar refractivity (Wildman–Crippen MR) is 143 cm³/mol. The van der Waals surface area contributed by atoms with Crippen molar-refractivity contribution in [3.8, 4) is 25.6 Å². The molecule has 0 radical (unpaired) electrons. The second kappa shape index (κ2) is 9.75. The highest BCUT2D eigenvalue weighted by Gasteiger charge is 2.11. The topological polar surface area (TPSA) is 53.9 Å². The molecule has 158 valence electrons. The minimum absolute atomic E-state index is 0.568. The summed E-state index contributed by atoms with van der Waals surface area (Å²) < 4.78 is 0. The van der Waals surface area contributed by atoms with Crippen LogP contribution < -0.4 is 0 Å². The van der Waals surface area contributed by atoms with Crippen molar-refractivity contribution in [3.63, 3.8) is 0 Å². The van der Waals surface area contributed by atoms with Crippen molar-refractivity contribution in [1.82, 2.24) is 9.97 Å². The maximum atomic E-state index is 9.47. The smallest absolute Gasteiger partial charge is 0.223 e. The third kappa shape index (κ3) is 4.79.